The molecule has 2 aliphatic rings. The molecule has 0 aromatic carbocycles. The van der Waals surface area contributed by atoms with Crippen molar-refractivity contribution in [1.82, 2.24) is 0 Å². The van der Waals surface area contributed by atoms with Crippen LogP contribution in [-0.4, -0.2) is 70.3 Å². The molecule has 0 aromatic rings. The quantitative estimate of drug-likeness (QED) is 0.584. The molecule has 92 valence electrons. The second kappa shape index (κ2) is 4.62. The van der Waals surface area contributed by atoms with E-state index < -0.39 is 5.60 Å². The van der Waals surface area contributed by atoms with Gasteiger partial charge in [0.15, 0.2) is 0 Å². The Morgan fingerprint density at radius 2 is 2.19 bits per heavy atom. The molecule has 2 aliphatic heterocycles. The molecule has 0 aliphatic carbocycles. The van der Waals surface area contributed by atoms with Gasteiger partial charge in [-0.3, -0.25) is 0 Å². The molecule has 0 radical (unpaired) electrons. The minimum atomic E-state index is -0.559. The summed E-state index contributed by atoms with van der Waals surface area (Å²) in [5.41, 5.74) is -0.559. The van der Waals surface area contributed by atoms with Gasteiger partial charge in [-0.2, -0.15) is 0 Å². The fourth-order valence-electron chi connectivity index (χ4n) is 2.95. The number of aliphatic hydroxyl groups is 1. The van der Waals surface area contributed by atoms with Gasteiger partial charge < -0.3 is 24.1 Å². The van der Waals surface area contributed by atoms with Crippen LogP contribution >= 0.6 is 0 Å². The van der Waals surface area contributed by atoms with Crippen molar-refractivity contribution in [2.24, 2.45) is 0 Å². The zero-order valence-electron chi connectivity index (χ0n) is 10.0. The Kier molecular flexibility index (Phi) is 3.56. The smallest absolute Gasteiger partial charge is 0.145 e. The van der Waals surface area contributed by atoms with Crippen molar-refractivity contribution in [3.05, 3.63) is 0 Å². The van der Waals surface area contributed by atoms with Gasteiger partial charge >= 0.3 is 0 Å². The molecule has 5 nitrogen and oxygen atoms in total. The van der Waals surface area contributed by atoms with E-state index in [1.54, 1.807) is 14.2 Å². The number of fused-ring (bicyclic) bond motifs is 2. The van der Waals surface area contributed by atoms with Gasteiger partial charge in [-0.05, 0) is 6.42 Å². The molecule has 6 heteroatoms. The molecule has 1 N–H and O–H groups in total. The van der Waals surface area contributed by atoms with Crippen LogP contribution in [0, 0.1) is 0 Å². The third-order valence-corrected chi connectivity index (χ3v) is 3.53. The lowest BCUT2D eigenvalue weighted by atomic mass is 9.89. The van der Waals surface area contributed by atoms with Crippen LogP contribution in [0.15, 0.2) is 0 Å². The summed E-state index contributed by atoms with van der Waals surface area (Å²) in [6.45, 7) is 0.508. The second-order valence-corrected chi connectivity index (χ2v) is 4.47. The highest BCUT2D eigenvalue weighted by Gasteiger charge is 2.65. The van der Waals surface area contributed by atoms with Crippen LogP contribution in [0.1, 0.15) is 6.42 Å². The van der Waals surface area contributed by atoms with E-state index in [2.05, 4.69) is 0 Å². The van der Waals surface area contributed by atoms with Gasteiger partial charge in [0.25, 0.3) is 0 Å². The lowest BCUT2D eigenvalue weighted by Gasteiger charge is -2.36. The maximum absolute atomic E-state index is 9.05. The molecule has 2 saturated heterocycles. The van der Waals surface area contributed by atoms with Crippen LogP contribution in [0.25, 0.3) is 0 Å². The minimum Gasteiger partial charge on any atom is -0.396 e. The van der Waals surface area contributed by atoms with Crippen LogP contribution < -0.4 is 0 Å². The molecular formula is C10H19BO5. The van der Waals surface area contributed by atoms with Crippen LogP contribution in [0.3, 0.4) is 0 Å². The molecule has 2 rings (SSSR count). The van der Waals surface area contributed by atoms with E-state index in [4.69, 9.17) is 24.1 Å². The third kappa shape index (κ3) is 1.60. The average Bonchev–Trinajstić information content (AvgIpc) is 2.67. The van der Waals surface area contributed by atoms with Crippen molar-refractivity contribution in [2.45, 2.75) is 36.3 Å². The maximum atomic E-state index is 9.05. The standard InChI is InChI=1S/C10H19BO5/c1-13-5-10-6(3-4-12)15-7(8(10)14-2)9(11)16-10/h6-9,12H,3-5,11H2,1-2H3. The first-order valence-electron chi connectivity index (χ1n) is 5.65. The van der Waals surface area contributed by atoms with Crippen LogP contribution in [0.5, 0.6) is 0 Å². The molecule has 16 heavy (non-hydrogen) atoms. The molecule has 5 atom stereocenters. The number of rotatable bonds is 5. The van der Waals surface area contributed by atoms with E-state index in [0.29, 0.717) is 13.0 Å². The maximum Gasteiger partial charge on any atom is 0.145 e. The van der Waals surface area contributed by atoms with E-state index in [1.807, 2.05) is 7.85 Å². The van der Waals surface area contributed by atoms with Crippen LogP contribution in [-0.2, 0) is 18.9 Å². The lowest BCUT2D eigenvalue weighted by Crippen LogP contribution is -2.52. The molecule has 2 fully saturated rings. The van der Waals surface area contributed by atoms with Gasteiger partial charge in [0.1, 0.15) is 25.7 Å². The number of ether oxygens (including phenoxy) is 4. The Morgan fingerprint density at radius 3 is 2.75 bits per heavy atom. The number of hydrogen-bond acceptors (Lipinski definition) is 5. The molecule has 2 bridgehead atoms. The normalized spacial score (nSPS) is 46.4. The Bertz CT molecular complexity index is 251. The van der Waals surface area contributed by atoms with Gasteiger partial charge in [-0.15, -0.1) is 0 Å². The van der Waals surface area contributed by atoms with E-state index >= 15 is 0 Å². The summed E-state index contributed by atoms with van der Waals surface area (Å²) in [5.74, 6) is 0. The van der Waals surface area contributed by atoms with Crippen molar-refractivity contribution in [1.29, 1.82) is 0 Å². The molecule has 0 spiro atoms. The van der Waals surface area contributed by atoms with Gasteiger partial charge in [-0.25, -0.2) is 0 Å². The summed E-state index contributed by atoms with van der Waals surface area (Å²) in [6, 6.07) is 0.00930. The van der Waals surface area contributed by atoms with Gasteiger partial charge in [0.05, 0.1) is 18.7 Å². The number of hydrogen-bond donors (Lipinski definition) is 1. The van der Waals surface area contributed by atoms with Crippen molar-refractivity contribution >= 4 is 7.85 Å². The van der Waals surface area contributed by atoms with Crippen molar-refractivity contribution in [2.75, 3.05) is 27.4 Å². The van der Waals surface area contributed by atoms with Gasteiger partial charge in [0, 0.05) is 20.8 Å². The third-order valence-electron chi connectivity index (χ3n) is 3.53. The molecule has 0 amide bonds. The monoisotopic (exact) mass is 230 g/mol. The summed E-state index contributed by atoms with van der Waals surface area (Å²) >= 11 is 0. The number of aliphatic hydroxyl groups excluding tert-OH is 1. The van der Waals surface area contributed by atoms with Gasteiger partial charge in [0.2, 0.25) is 0 Å². The van der Waals surface area contributed by atoms with Crippen molar-refractivity contribution in [3.63, 3.8) is 0 Å². The van der Waals surface area contributed by atoms with E-state index in [9.17, 15) is 0 Å². The zero-order chi connectivity index (χ0) is 11.8. The molecule has 5 unspecified atom stereocenters. The SMILES string of the molecule is BC1OC2(COC)C(CCO)OC1C2OC. The zero-order valence-corrected chi connectivity index (χ0v) is 10.0. The Hall–Kier alpha value is -0.135. The largest absolute Gasteiger partial charge is 0.396 e. The van der Waals surface area contributed by atoms with Crippen LogP contribution in [0.4, 0.5) is 0 Å². The van der Waals surface area contributed by atoms with E-state index in [-0.39, 0.29) is 30.9 Å². The summed E-state index contributed by atoms with van der Waals surface area (Å²) in [7, 11) is 5.27. The predicted molar refractivity (Wildman–Crippen MR) is 59.2 cm³/mol. The van der Waals surface area contributed by atoms with E-state index in [1.165, 1.54) is 0 Å². The first kappa shape index (κ1) is 12.3. The highest BCUT2D eigenvalue weighted by atomic mass is 16.7. The van der Waals surface area contributed by atoms with Crippen molar-refractivity contribution in [3.8, 4) is 0 Å². The predicted octanol–water partition coefficient (Wildman–Crippen LogP) is -1.47. The Morgan fingerprint density at radius 1 is 1.44 bits per heavy atom. The van der Waals surface area contributed by atoms with E-state index in [0.717, 1.165) is 0 Å². The van der Waals surface area contributed by atoms with Gasteiger partial charge in [-0.1, -0.05) is 0 Å². The minimum absolute atomic E-state index is 0.00930. The summed E-state index contributed by atoms with van der Waals surface area (Å²) in [5, 5.41) is 9.05. The fourth-order valence-corrected chi connectivity index (χ4v) is 2.95. The highest BCUT2D eigenvalue weighted by Crippen LogP contribution is 2.46. The molecular weight excluding hydrogens is 211 g/mol. The highest BCUT2D eigenvalue weighted by molar-refractivity contribution is 6.11. The van der Waals surface area contributed by atoms with Crippen molar-refractivity contribution < 1.29 is 24.1 Å². The lowest BCUT2D eigenvalue weighted by molar-refractivity contribution is -0.188. The summed E-state index contributed by atoms with van der Waals surface area (Å²) in [4.78, 5) is 0. The van der Waals surface area contributed by atoms with Crippen LogP contribution in [0.2, 0.25) is 0 Å². The average molecular weight is 230 g/mol. The molecule has 2 heterocycles. The first-order chi connectivity index (χ1) is 7.69. The first-order valence-corrected chi connectivity index (χ1v) is 5.65. The summed E-state index contributed by atoms with van der Waals surface area (Å²) in [6.07, 6.45) is 0.228. The molecule has 0 saturated carbocycles. The molecule has 0 aromatic heterocycles. The summed E-state index contributed by atoms with van der Waals surface area (Å²) < 4.78 is 22.6. The Labute approximate surface area is 96.4 Å². The fraction of sp³-hybridized carbons (Fsp3) is 1.00. The Balaban J connectivity index is 2.22. The number of methoxy groups -OCH3 is 2. The topological polar surface area (TPSA) is 57.2 Å². The second-order valence-electron chi connectivity index (χ2n) is 4.47.